The molecule has 2 aromatic rings. The van der Waals surface area contributed by atoms with E-state index in [0.29, 0.717) is 36.4 Å². The van der Waals surface area contributed by atoms with Gasteiger partial charge in [-0.3, -0.25) is 14.9 Å². The summed E-state index contributed by atoms with van der Waals surface area (Å²) in [5.74, 6) is -1.87. The molecule has 6 atom stereocenters. The zero-order valence-electron chi connectivity index (χ0n) is 26.1. The van der Waals surface area contributed by atoms with Gasteiger partial charge in [-0.2, -0.15) is 0 Å². The van der Waals surface area contributed by atoms with E-state index in [-0.39, 0.29) is 53.1 Å². The first-order valence-corrected chi connectivity index (χ1v) is 16.5. The number of nitrogens with zero attached hydrogens (tertiary/aromatic N) is 2. The van der Waals surface area contributed by atoms with Crippen molar-refractivity contribution in [2.24, 2.45) is 5.41 Å². The molecule has 6 rings (SSSR count). The zero-order valence-corrected chi connectivity index (χ0v) is 27.6. The van der Waals surface area contributed by atoms with Crippen molar-refractivity contribution < 1.29 is 23.8 Å². The number of rotatable bonds is 5. The van der Waals surface area contributed by atoms with Crippen LogP contribution in [-0.2, 0) is 19.7 Å². The summed E-state index contributed by atoms with van der Waals surface area (Å²) in [6.07, 6.45) is 4.66. The van der Waals surface area contributed by atoms with Gasteiger partial charge in [0.2, 0.25) is 11.8 Å². The minimum atomic E-state index is -1.15. The Labute approximate surface area is 273 Å². The molecular formula is C33H42Cl2FN5O4. The van der Waals surface area contributed by atoms with Crippen LogP contribution in [0.3, 0.4) is 0 Å². The Morgan fingerprint density at radius 3 is 2.56 bits per heavy atom. The minimum absolute atomic E-state index is 0.00456. The van der Waals surface area contributed by atoms with Crippen molar-refractivity contribution in [1.82, 2.24) is 20.5 Å². The van der Waals surface area contributed by atoms with Gasteiger partial charge >= 0.3 is 0 Å². The van der Waals surface area contributed by atoms with E-state index in [1.165, 1.54) is 6.20 Å². The summed E-state index contributed by atoms with van der Waals surface area (Å²) in [4.78, 5) is 32.1. The first kappa shape index (κ1) is 32.4. The number of aliphatic hydroxyl groups is 1. The Balaban J connectivity index is 1.40. The standard InChI is InChI=1S/C33H42Cl2FN5O4/c1-31(2)10-12-32(13-11-31)33(22-8-5-18(34)15-23(22)39-30(33)44)25(21-9-14-37-28(35)26(21)36)27(40-32)29(43)38-19-6-7-20(45-17-19)16-24(42)41(3)4/h5,8-9,14-15,19-20,25,27,30,39-40,44H,6-7,10-13,16-17H2,1-4H3,(H,38,43)/t19-,20+,25+,27-,30?,33-/m1/s1. The average Bonchev–Trinajstić information content (AvgIpc) is 3.45. The smallest absolute Gasteiger partial charge is 0.238 e. The number of fused-ring (bicyclic) bond motifs is 3. The molecule has 244 valence electrons. The van der Waals surface area contributed by atoms with Gasteiger partial charge in [0.15, 0.2) is 11.0 Å². The third-order valence-electron chi connectivity index (χ3n) is 10.8. The molecule has 1 aliphatic carbocycles. The number of aromatic nitrogens is 1. The van der Waals surface area contributed by atoms with Crippen molar-refractivity contribution in [3.63, 3.8) is 0 Å². The van der Waals surface area contributed by atoms with Gasteiger partial charge in [0.05, 0.1) is 36.6 Å². The van der Waals surface area contributed by atoms with Gasteiger partial charge in [-0.15, -0.1) is 0 Å². The molecule has 0 radical (unpaired) electrons. The summed E-state index contributed by atoms with van der Waals surface area (Å²) in [6.45, 7) is 4.72. The lowest BCUT2D eigenvalue weighted by atomic mass is 9.53. The van der Waals surface area contributed by atoms with E-state index < -0.39 is 35.0 Å². The normalized spacial score (nSPS) is 31.4. The maximum absolute atomic E-state index is 16.1. The van der Waals surface area contributed by atoms with E-state index in [0.717, 1.165) is 18.4 Å². The second-order valence-electron chi connectivity index (χ2n) is 14.2. The Morgan fingerprint density at radius 2 is 1.89 bits per heavy atom. The molecule has 4 N–H and O–H groups in total. The lowest BCUT2D eigenvalue weighted by Crippen LogP contribution is -2.63. The molecule has 0 bridgehead atoms. The van der Waals surface area contributed by atoms with E-state index in [9.17, 15) is 14.7 Å². The Kier molecular flexibility index (Phi) is 8.61. The summed E-state index contributed by atoms with van der Waals surface area (Å²) in [5, 5.41) is 22.5. The minimum Gasteiger partial charge on any atom is -0.376 e. The number of pyridine rings is 1. The summed E-state index contributed by atoms with van der Waals surface area (Å²) in [5.41, 5.74) is -0.171. The summed E-state index contributed by atoms with van der Waals surface area (Å²) < 4.78 is 22.1. The van der Waals surface area contributed by atoms with E-state index in [2.05, 4.69) is 34.8 Å². The molecule has 3 aliphatic heterocycles. The molecule has 2 saturated heterocycles. The van der Waals surface area contributed by atoms with Crippen LogP contribution in [0.5, 0.6) is 0 Å². The molecule has 2 spiro atoms. The third kappa shape index (κ3) is 5.50. The van der Waals surface area contributed by atoms with Crippen molar-refractivity contribution in [3.8, 4) is 0 Å². The Bertz CT molecular complexity index is 1470. The molecule has 12 heteroatoms. The molecule has 1 aromatic carbocycles. The number of amides is 2. The van der Waals surface area contributed by atoms with Crippen LogP contribution in [0.15, 0.2) is 30.5 Å². The van der Waals surface area contributed by atoms with Crippen LogP contribution in [0.1, 0.15) is 75.8 Å². The van der Waals surface area contributed by atoms with Crippen molar-refractivity contribution in [2.45, 2.75) is 100 Å². The second kappa shape index (κ2) is 11.9. The molecule has 4 aliphatic rings. The van der Waals surface area contributed by atoms with E-state index in [4.69, 9.17) is 27.9 Å². The van der Waals surface area contributed by atoms with Crippen molar-refractivity contribution >= 4 is 40.7 Å². The Hall–Kier alpha value is -2.50. The fourth-order valence-electron chi connectivity index (χ4n) is 8.30. The third-order valence-corrected chi connectivity index (χ3v) is 11.3. The molecular weight excluding hydrogens is 620 g/mol. The van der Waals surface area contributed by atoms with Gasteiger partial charge in [0.1, 0.15) is 6.23 Å². The highest BCUT2D eigenvalue weighted by Gasteiger charge is 2.72. The molecule has 1 aromatic heterocycles. The molecule has 9 nitrogen and oxygen atoms in total. The lowest BCUT2D eigenvalue weighted by molar-refractivity contribution is -0.134. The van der Waals surface area contributed by atoms with Crippen LogP contribution in [-0.4, -0.2) is 77.5 Å². The van der Waals surface area contributed by atoms with Gasteiger partial charge in [-0.25, -0.2) is 9.37 Å². The maximum atomic E-state index is 16.1. The quantitative estimate of drug-likeness (QED) is 0.342. The molecule has 1 unspecified atom stereocenters. The monoisotopic (exact) mass is 661 g/mol. The van der Waals surface area contributed by atoms with Gasteiger partial charge in [-0.05, 0) is 73.3 Å². The van der Waals surface area contributed by atoms with Crippen LogP contribution < -0.4 is 16.0 Å². The highest BCUT2D eigenvalue weighted by atomic mass is 35.5. The van der Waals surface area contributed by atoms with Crippen LogP contribution in [0, 0.1) is 11.2 Å². The van der Waals surface area contributed by atoms with Gasteiger partial charge in [-0.1, -0.05) is 43.1 Å². The zero-order chi connectivity index (χ0) is 32.3. The number of anilines is 1. The summed E-state index contributed by atoms with van der Waals surface area (Å²) >= 11 is 12.7. The largest absolute Gasteiger partial charge is 0.376 e. The van der Waals surface area contributed by atoms with Crippen molar-refractivity contribution in [3.05, 3.63) is 57.6 Å². The predicted octanol–water partition coefficient (Wildman–Crippen LogP) is 4.75. The van der Waals surface area contributed by atoms with Gasteiger partial charge in [0.25, 0.3) is 0 Å². The number of carbonyl (C=O) groups is 2. The topological polar surface area (TPSA) is 116 Å². The van der Waals surface area contributed by atoms with Gasteiger partial charge < -0.3 is 25.4 Å². The van der Waals surface area contributed by atoms with E-state index in [1.54, 1.807) is 37.2 Å². The molecule has 1 saturated carbocycles. The fraction of sp³-hybridized carbons (Fsp3) is 0.606. The highest BCUT2D eigenvalue weighted by molar-refractivity contribution is 6.31. The van der Waals surface area contributed by atoms with Crippen LogP contribution in [0.2, 0.25) is 10.2 Å². The summed E-state index contributed by atoms with van der Waals surface area (Å²) in [6, 6.07) is 5.81. The number of hydrogen-bond acceptors (Lipinski definition) is 7. The average molecular weight is 663 g/mol. The van der Waals surface area contributed by atoms with Crippen LogP contribution in [0.4, 0.5) is 10.1 Å². The lowest BCUT2D eigenvalue weighted by Gasteiger charge is -2.52. The number of aliphatic hydroxyl groups excluding tert-OH is 1. The number of ether oxygens (including phenoxy) is 1. The Morgan fingerprint density at radius 1 is 1.16 bits per heavy atom. The second-order valence-corrected chi connectivity index (χ2v) is 15.0. The SMILES string of the molecule is CN(C)C(=O)C[C@@H]1CC[C@@H](NC(=O)[C@@H]2NC3(CCC(C)(C)CC3)[C@]3(c4ccc(Cl)cc4NC3O)[C@H]2c2ccnc(Cl)c2F)CO1. The van der Waals surface area contributed by atoms with Gasteiger partial charge in [0, 0.05) is 42.5 Å². The van der Waals surface area contributed by atoms with E-state index in [1.807, 2.05) is 6.07 Å². The van der Waals surface area contributed by atoms with Crippen molar-refractivity contribution in [2.75, 3.05) is 26.0 Å². The first-order valence-electron chi connectivity index (χ1n) is 15.7. The number of benzene rings is 1. The summed E-state index contributed by atoms with van der Waals surface area (Å²) in [7, 11) is 3.43. The van der Waals surface area contributed by atoms with Crippen molar-refractivity contribution in [1.29, 1.82) is 0 Å². The number of nitrogens with one attached hydrogen (secondary N) is 3. The molecule has 4 heterocycles. The number of halogens is 3. The first-order chi connectivity index (χ1) is 21.3. The molecule has 45 heavy (non-hydrogen) atoms. The number of carbonyl (C=O) groups excluding carboxylic acids is 2. The van der Waals surface area contributed by atoms with E-state index >= 15 is 4.39 Å². The van der Waals surface area contributed by atoms with Crippen LogP contribution in [0.25, 0.3) is 0 Å². The maximum Gasteiger partial charge on any atom is 0.238 e. The fourth-order valence-corrected chi connectivity index (χ4v) is 8.64. The molecule has 3 fully saturated rings. The predicted molar refractivity (Wildman–Crippen MR) is 171 cm³/mol. The van der Waals surface area contributed by atoms with Crippen LogP contribution >= 0.6 is 23.2 Å². The highest BCUT2D eigenvalue weighted by Crippen LogP contribution is 2.65. The number of hydrogen-bond donors (Lipinski definition) is 4. The molecule has 2 amide bonds.